The normalized spacial score (nSPS) is 10.3. The molecule has 0 radical (unpaired) electrons. The van der Waals surface area contributed by atoms with E-state index in [-0.39, 0.29) is 5.91 Å². The van der Waals surface area contributed by atoms with Crippen LogP contribution in [0, 0.1) is 0 Å². The third-order valence-electron chi connectivity index (χ3n) is 1.93. The van der Waals surface area contributed by atoms with Crippen LogP contribution in [-0.4, -0.2) is 12.5 Å². The summed E-state index contributed by atoms with van der Waals surface area (Å²) >= 11 is 12.7. The second kappa shape index (κ2) is 6.36. The van der Waals surface area contributed by atoms with Crippen molar-refractivity contribution in [1.82, 2.24) is 5.32 Å². The molecule has 0 saturated heterocycles. The van der Waals surface area contributed by atoms with E-state index in [4.69, 9.17) is 23.2 Å². The van der Waals surface area contributed by atoms with Crippen LogP contribution < -0.4 is 5.32 Å². The molecule has 0 aliphatic carbocycles. The zero-order valence-electron chi connectivity index (χ0n) is 8.48. The fourth-order valence-corrected chi connectivity index (χ4v) is 2.41. The largest absolute Gasteiger partial charge is 0.351 e. The van der Waals surface area contributed by atoms with Crippen molar-refractivity contribution in [2.45, 2.75) is 26.2 Å². The molecule has 5 heteroatoms. The first-order valence-corrected chi connectivity index (χ1v) is 6.45. The maximum Gasteiger partial charge on any atom is 0.261 e. The number of unbranched alkanes of at least 4 members (excludes halogenated alkanes) is 2. The molecular formula is C10H13Cl2NOS. The van der Waals surface area contributed by atoms with E-state index in [1.54, 1.807) is 6.07 Å². The lowest BCUT2D eigenvalue weighted by atomic mass is 10.2. The van der Waals surface area contributed by atoms with Gasteiger partial charge in [-0.05, 0) is 12.5 Å². The Hall–Kier alpha value is -0.250. The lowest BCUT2D eigenvalue weighted by molar-refractivity contribution is 0.0957. The summed E-state index contributed by atoms with van der Waals surface area (Å²) in [6.07, 6.45) is 3.29. The standard InChI is InChI=1S/C10H13Cl2NOS/c1-2-3-4-5-13-10(14)8-6-7(11)9(12)15-8/h6H,2-5H2,1H3,(H,13,14). The molecule has 0 spiro atoms. The number of amides is 1. The number of carbonyl (C=O) groups excluding carboxylic acids is 1. The molecule has 0 aliphatic rings. The van der Waals surface area contributed by atoms with Crippen LogP contribution in [-0.2, 0) is 0 Å². The van der Waals surface area contributed by atoms with Crippen molar-refractivity contribution in [2.24, 2.45) is 0 Å². The van der Waals surface area contributed by atoms with Crippen LogP contribution >= 0.6 is 34.5 Å². The zero-order valence-corrected chi connectivity index (χ0v) is 10.8. The summed E-state index contributed by atoms with van der Waals surface area (Å²) in [5.41, 5.74) is 0. The molecule has 1 amide bonds. The molecule has 2 nitrogen and oxygen atoms in total. The third kappa shape index (κ3) is 4.01. The molecule has 0 aliphatic heterocycles. The molecule has 1 rings (SSSR count). The van der Waals surface area contributed by atoms with Crippen molar-refractivity contribution in [3.05, 3.63) is 20.3 Å². The number of hydrogen-bond acceptors (Lipinski definition) is 2. The number of nitrogens with one attached hydrogen (secondary N) is 1. The molecule has 0 bridgehead atoms. The molecule has 15 heavy (non-hydrogen) atoms. The van der Waals surface area contributed by atoms with Crippen molar-refractivity contribution in [3.8, 4) is 0 Å². The molecule has 1 heterocycles. The van der Waals surface area contributed by atoms with Gasteiger partial charge in [0, 0.05) is 6.54 Å². The summed E-state index contributed by atoms with van der Waals surface area (Å²) in [6.45, 7) is 2.83. The van der Waals surface area contributed by atoms with Gasteiger partial charge in [0.15, 0.2) is 0 Å². The van der Waals surface area contributed by atoms with Gasteiger partial charge in [-0.25, -0.2) is 0 Å². The van der Waals surface area contributed by atoms with E-state index >= 15 is 0 Å². The minimum Gasteiger partial charge on any atom is -0.351 e. The van der Waals surface area contributed by atoms with Gasteiger partial charge in [-0.1, -0.05) is 43.0 Å². The summed E-state index contributed by atoms with van der Waals surface area (Å²) in [5.74, 6) is -0.0927. The molecule has 1 aromatic rings. The van der Waals surface area contributed by atoms with Gasteiger partial charge in [0.25, 0.3) is 5.91 Å². The van der Waals surface area contributed by atoms with Crippen molar-refractivity contribution < 1.29 is 4.79 Å². The Kier molecular flexibility index (Phi) is 5.43. The highest BCUT2D eigenvalue weighted by Crippen LogP contribution is 2.31. The molecule has 0 aromatic carbocycles. The lowest BCUT2D eigenvalue weighted by Gasteiger charge is -2.01. The quantitative estimate of drug-likeness (QED) is 0.802. The number of hydrogen-bond donors (Lipinski definition) is 1. The zero-order chi connectivity index (χ0) is 11.3. The molecular weight excluding hydrogens is 253 g/mol. The summed E-state index contributed by atoms with van der Waals surface area (Å²) in [5, 5.41) is 3.27. The first-order chi connectivity index (χ1) is 7.15. The van der Waals surface area contributed by atoms with Gasteiger partial charge in [0.2, 0.25) is 0 Å². The summed E-state index contributed by atoms with van der Waals surface area (Å²) in [6, 6.07) is 1.60. The number of halogens is 2. The van der Waals surface area contributed by atoms with E-state index in [9.17, 15) is 4.79 Å². The van der Waals surface area contributed by atoms with E-state index in [0.29, 0.717) is 20.8 Å². The average molecular weight is 266 g/mol. The van der Waals surface area contributed by atoms with E-state index in [2.05, 4.69) is 12.2 Å². The minimum absolute atomic E-state index is 0.0927. The Morgan fingerprint density at radius 1 is 1.47 bits per heavy atom. The van der Waals surface area contributed by atoms with Gasteiger partial charge in [-0.2, -0.15) is 0 Å². The van der Waals surface area contributed by atoms with Gasteiger partial charge in [0.05, 0.1) is 9.90 Å². The molecule has 0 atom stereocenters. The smallest absolute Gasteiger partial charge is 0.261 e. The SMILES string of the molecule is CCCCCNC(=O)c1cc(Cl)c(Cl)s1. The Balaban J connectivity index is 2.40. The van der Waals surface area contributed by atoms with Crippen molar-refractivity contribution >= 4 is 40.4 Å². The van der Waals surface area contributed by atoms with E-state index in [1.807, 2.05) is 0 Å². The monoisotopic (exact) mass is 265 g/mol. The summed E-state index contributed by atoms with van der Waals surface area (Å²) < 4.78 is 0.468. The third-order valence-corrected chi connectivity index (χ3v) is 3.80. The van der Waals surface area contributed by atoms with Gasteiger partial charge >= 0.3 is 0 Å². The van der Waals surface area contributed by atoms with Crippen molar-refractivity contribution in [2.75, 3.05) is 6.54 Å². The number of rotatable bonds is 5. The predicted molar refractivity (Wildman–Crippen MR) is 66.2 cm³/mol. The predicted octanol–water partition coefficient (Wildman–Crippen LogP) is 3.97. The number of thiophene rings is 1. The highest BCUT2D eigenvalue weighted by Gasteiger charge is 2.11. The highest BCUT2D eigenvalue weighted by atomic mass is 35.5. The van der Waals surface area contributed by atoms with Crippen molar-refractivity contribution in [3.63, 3.8) is 0 Å². The van der Waals surface area contributed by atoms with Crippen LogP contribution in [0.5, 0.6) is 0 Å². The van der Waals surface area contributed by atoms with Crippen molar-refractivity contribution in [1.29, 1.82) is 0 Å². The fraction of sp³-hybridized carbons (Fsp3) is 0.500. The van der Waals surface area contributed by atoms with Crippen LogP contribution in [0.15, 0.2) is 6.07 Å². The van der Waals surface area contributed by atoms with E-state index in [1.165, 1.54) is 11.3 Å². The highest BCUT2D eigenvalue weighted by molar-refractivity contribution is 7.18. The average Bonchev–Trinajstić information content (AvgIpc) is 2.54. The molecule has 84 valence electrons. The van der Waals surface area contributed by atoms with Gasteiger partial charge in [-0.15, -0.1) is 11.3 Å². The second-order valence-corrected chi connectivity index (χ2v) is 5.26. The van der Waals surface area contributed by atoms with Crippen LogP contribution in [0.1, 0.15) is 35.9 Å². The molecule has 0 unspecified atom stereocenters. The summed E-state index contributed by atoms with van der Waals surface area (Å²) in [7, 11) is 0. The Bertz CT molecular complexity index is 319. The Morgan fingerprint density at radius 3 is 2.73 bits per heavy atom. The molecule has 0 fully saturated rings. The van der Waals surface area contributed by atoms with Crippen LogP contribution in [0.25, 0.3) is 0 Å². The van der Waals surface area contributed by atoms with Crippen LogP contribution in [0.3, 0.4) is 0 Å². The topological polar surface area (TPSA) is 29.1 Å². The Labute approximate surface area is 104 Å². The maximum atomic E-state index is 11.6. The first kappa shape index (κ1) is 12.8. The first-order valence-electron chi connectivity index (χ1n) is 4.88. The Morgan fingerprint density at radius 2 is 2.20 bits per heavy atom. The lowest BCUT2D eigenvalue weighted by Crippen LogP contribution is -2.23. The van der Waals surface area contributed by atoms with Crippen LogP contribution in [0.4, 0.5) is 0 Å². The van der Waals surface area contributed by atoms with Gasteiger partial charge in [-0.3, -0.25) is 4.79 Å². The minimum atomic E-state index is -0.0927. The van der Waals surface area contributed by atoms with E-state index < -0.39 is 0 Å². The molecule has 1 aromatic heterocycles. The van der Waals surface area contributed by atoms with Crippen LogP contribution in [0.2, 0.25) is 9.36 Å². The second-order valence-electron chi connectivity index (χ2n) is 3.20. The van der Waals surface area contributed by atoms with Gasteiger partial charge < -0.3 is 5.32 Å². The summed E-state index contributed by atoms with van der Waals surface area (Å²) in [4.78, 5) is 12.1. The molecule has 0 saturated carbocycles. The maximum absolute atomic E-state index is 11.6. The van der Waals surface area contributed by atoms with E-state index in [0.717, 1.165) is 19.3 Å². The van der Waals surface area contributed by atoms with Gasteiger partial charge in [0.1, 0.15) is 4.34 Å². The fourth-order valence-electron chi connectivity index (χ4n) is 1.12. The number of carbonyl (C=O) groups is 1. The molecule has 1 N–H and O–H groups in total.